The summed E-state index contributed by atoms with van der Waals surface area (Å²) in [5.41, 5.74) is 3.08. The molecule has 0 atom stereocenters. The Morgan fingerprint density at radius 3 is 1.54 bits per heavy atom. The summed E-state index contributed by atoms with van der Waals surface area (Å²) < 4.78 is 0. The molecule has 0 heterocycles. The smallest absolute Gasteiger partial charge is 1.00 e. The molecule has 0 saturated carbocycles. The Balaban J connectivity index is 0. The van der Waals surface area contributed by atoms with Gasteiger partial charge in [-0.3, -0.25) is 12.2 Å². The molecule has 0 bridgehead atoms. The Morgan fingerprint density at radius 1 is 0.833 bits per heavy atom. The summed E-state index contributed by atoms with van der Waals surface area (Å²) in [5, 5.41) is 3.33. The zero-order chi connectivity index (χ0) is 15.3. The van der Waals surface area contributed by atoms with Crippen molar-refractivity contribution < 1.29 is 50.7 Å². The van der Waals surface area contributed by atoms with E-state index >= 15 is 0 Å². The first kappa shape index (κ1) is 26.9. The molecule has 0 N–H and O–H groups in total. The maximum atomic E-state index is 3.63. The quantitative estimate of drug-likeness (QED) is 0.303. The number of unbranched alkanes of at least 4 members (excludes halogenated alkanes) is 2. The van der Waals surface area contributed by atoms with Crippen molar-refractivity contribution >= 4 is 8.07 Å². The van der Waals surface area contributed by atoms with Crippen molar-refractivity contribution in [1.29, 1.82) is 0 Å². The normalized spacial score (nSPS) is 16.2. The van der Waals surface area contributed by atoms with Gasteiger partial charge in [-0.05, 0) is 0 Å². The van der Waals surface area contributed by atoms with Gasteiger partial charge in [0.15, 0.2) is 0 Å². The van der Waals surface area contributed by atoms with Crippen LogP contribution in [0.3, 0.4) is 0 Å². The zero-order valence-electron chi connectivity index (χ0n) is 15.6. The molecule has 0 aromatic rings. The van der Waals surface area contributed by atoms with E-state index in [0.717, 1.165) is 12.8 Å². The molecule has 0 aromatic heterocycles. The standard InChI is InChI=1S/C20H30Si.2ClH.Hf/c1-5-7-11-17-13-9-15-19(17)21(3,4)20-16-10-14-18(20)12-8-6-2;;;/h15-16H,5-12H2,1-4H3;2*1H;/q-2;;;+4/p-2. The number of allylic oxidation sites excluding steroid dienone is 8. The van der Waals surface area contributed by atoms with Crippen LogP contribution in [0.15, 0.2) is 33.7 Å². The topological polar surface area (TPSA) is 0 Å². The number of hydrogen-bond donors (Lipinski definition) is 0. The maximum absolute atomic E-state index is 3.63. The van der Waals surface area contributed by atoms with Crippen molar-refractivity contribution in [3.05, 3.63) is 45.8 Å². The third kappa shape index (κ3) is 6.41. The van der Waals surface area contributed by atoms with Crippen molar-refractivity contribution in [3.8, 4) is 0 Å². The summed E-state index contributed by atoms with van der Waals surface area (Å²) in [6, 6.07) is 0. The van der Waals surface area contributed by atoms with Gasteiger partial charge in [0.05, 0.1) is 0 Å². The zero-order valence-corrected chi connectivity index (χ0v) is 21.7. The van der Waals surface area contributed by atoms with Gasteiger partial charge in [-0.1, -0.05) is 73.5 Å². The van der Waals surface area contributed by atoms with E-state index < -0.39 is 8.07 Å². The number of halogens is 2. The molecular weight excluding hydrogens is 518 g/mol. The minimum atomic E-state index is -1.54. The molecule has 24 heavy (non-hydrogen) atoms. The van der Waals surface area contributed by atoms with Crippen molar-refractivity contribution in [2.75, 3.05) is 0 Å². The van der Waals surface area contributed by atoms with Gasteiger partial charge in [0.2, 0.25) is 0 Å². The van der Waals surface area contributed by atoms with Gasteiger partial charge in [0.1, 0.15) is 0 Å². The molecule has 0 radical (unpaired) electrons. The molecule has 0 unspecified atom stereocenters. The fraction of sp³-hybridized carbons (Fsp3) is 0.600. The molecule has 2 aliphatic rings. The average Bonchev–Trinajstić information content (AvgIpc) is 3.11. The largest absolute Gasteiger partial charge is 4.00 e. The Labute approximate surface area is 181 Å². The Bertz CT molecular complexity index is 458. The first-order valence-electron chi connectivity index (χ1n) is 8.72. The van der Waals surface area contributed by atoms with Crippen LogP contribution < -0.4 is 24.8 Å². The van der Waals surface area contributed by atoms with E-state index in [1.807, 2.05) is 0 Å². The van der Waals surface area contributed by atoms with E-state index in [9.17, 15) is 0 Å². The first-order valence-corrected chi connectivity index (χ1v) is 11.7. The third-order valence-corrected chi connectivity index (χ3v) is 8.51. The van der Waals surface area contributed by atoms with E-state index in [1.54, 1.807) is 10.4 Å². The summed E-state index contributed by atoms with van der Waals surface area (Å²) in [6.07, 6.45) is 21.9. The molecule has 132 valence electrons. The van der Waals surface area contributed by atoms with Crippen molar-refractivity contribution in [2.45, 2.75) is 78.3 Å². The molecule has 0 amide bonds. The van der Waals surface area contributed by atoms with Gasteiger partial charge in [-0.2, -0.15) is 12.2 Å². The van der Waals surface area contributed by atoms with Crippen LogP contribution in [0.4, 0.5) is 0 Å². The van der Waals surface area contributed by atoms with Crippen molar-refractivity contribution in [2.24, 2.45) is 0 Å². The molecule has 2 rings (SSSR count). The summed E-state index contributed by atoms with van der Waals surface area (Å²) in [7, 11) is -1.54. The van der Waals surface area contributed by atoms with Crippen molar-refractivity contribution in [3.63, 3.8) is 0 Å². The SMILES string of the molecule is CCCCC1=[C-]CC=C1[Si](C)(C)C1=CC[C-]=C1CCCC.[Cl-].[Cl-].[Hf+4]. The van der Waals surface area contributed by atoms with Crippen LogP contribution in [0.1, 0.15) is 65.2 Å². The van der Waals surface area contributed by atoms with Crippen LogP contribution in [0, 0.1) is 12.2 Å². The van der Waals surface area contributed by atoms with E-state index in [0.29, 0.717) is 0 Å². The van der Waals surface area contributed by atoms with Crippen LogP contribution in [-0.2, 0) is 25.8 Å². The Hall–Kier alpha value is 0.627. The Morgan fingerprint density at radius 2 is 1.21 bits per heavy atom. The van der Waals surface area contributed by atoms with E-state index in [4.69, 9.17) is 0 Å². The molecule has 0 saturated heterocycles. The summed E-state index contributed by atoms with van der Waals surface area (Å²) in [4.78, 5) is 0. The molecule has 0 aromatic carbocycles. The summed E-state index contributed by atoms with van der Waals surface area (Å²) >= 11 is 0. The fourth-order valence-electron chi connectivity index (χ4n) is 3.55. The predicted molar refractivity (Wildman–Crippen MR) is 95.4 cm³/mol. The van der Waals surface area contributed by atoms with E-state index in [1.165, 1.54) is 49.7 Å². The van der Waals surface area contributed by atoms with Crippen molar-refractivity contribution in [1.82, 2.24) is 0 Å². The monoisotopic (exact) mass is 548 g/mol. The third-order valence-electron chi connectivity index (χ3n) is 4.80. The second kappa shape index (κ2) is 12.9. The molecule has 0 aliphatic heterocycles. The average molecular weight is 548 g/mol. The molecular formula is C20H30Cl2HfSi. The van der Waals surface area contributed by atoms with Gasteiger partial charge in [-0.25, -0.2) is 21.5 Å². The Kier molecular flexibility index (Phi) is 14.4. The maximum Gasteiger partial charge on any atom is 4.00 e. The minimum absolute atomic E-state index is 0. The summed E-state index contributed by atoms with van der Waals surface area (Å²) in [6.45, 7) is 9.62. The van der Waals surface area contributed by atoms with Crippen LogP contribution in [0.25, 0.3) is 0 Å². The second-order valence-electron chi connectivity index (χ2n) is 6.79. The van der Waals surface area contributed by atoms with Crippen LogP contribution in [-0.4, -0.2) is 8.07 Å². The van der Waals surface area contributed by atoms with E-state index in [2.05, 4.69) is 51.2 Å². The minimum Gasteiger partial charge on any atom is -1.00 e. The van der Waals surface area contributed by atoms with Gasteiger partial charge in [-0.15, -0.1) is 12.8 Å². The van der Waals surface area contributed by atoms with E-state index in [-0.39, 0.29) is 50.7 Å². The van der Waals surface area contributed by atoms with Gasteiger partial charge in [0, 0.05) is 0 Å². The number of rotatable bonds is 8. The van der Waals surface area contributed by atoms with Gasteiger partial charge in [0.25, 0.3) is 0 Å². The molecule has 4 heteroatoms. The fourth-order valence-corrected chi connectivity index (χ4v) is 7.00. The molecule has 0 nitrogen and oxygen atoms in total. The van der Waals surface area contributed by atoms with Crippen LogP contribution >= 0.6 is 0 Å². The predicted octanol–water partition coefficient (Wildman–Crippen LogP) is 0.278. The van der Waals surface area contributed by atoms with Gasteiger partial charge < -0.3 is 24.8 Å². The molecule has 0 spiro atoms. The molecule has 2 aliphatic carbocycles. The van der Waals surface area contributed by atoms with Crippen LogP contribution in [0.2, 0.25) is 13.1 Å². The molecule has 0 fully saturated rings. The summed E-state index contributed by atoms with van der Waals surface area (Å²) in [5.74, 6) is 0. The van der Waals surface area contributed by atoms with Crippen LogP contribution in [0.5, 0.6) is 0 Å². The second-order valence-corrected chi connectivity index (χ2v) is 11.1. The van der Waals surface area contributed by atoms with Gasteiger partial charge >= 0.3 is 25.8 Å². The first-order chi connectivity index (χ1) is 10.1. The number of hydrogen-bond acceptors (Lipinski definition) is 0.